The van der Waals surface area contributed by atoms with Crippen molar-refractivity contribution in [2.24, 2.45) is 0 Å². The molecule has 1 atom stereocenters. The maximum absolute atomic E-state index is 12.2. The lowest BCUT2D eigenvalue weighted by atomic mass is 10.0. The minimum absolute atomic E-state index is 0.284. The molecule has 0 bridgehead atoms. The van der Waals surface area contributed by atoms with E-state index in [9.17, 15) is 14.4 Å². The van der Waals surface area contributed by atoms with E-state index in [1.165, 1.54) is 12.5 Å². The second kappa shape index (κ2) is 9.52. The van der Waals surface area contributed by atoms with Gasteiger partial charge in [-0.15, -0.1) is 0 Å². The second-order valence-corrected chi connectivity index (χ2v) is 6.34. The standard InChI is InChI=1S/C21H23NO5/c1-14(2)16-8-10-18(11-9-16)22-21(25)15(3)27-20(24)13-26-19-7-5-4-6-17(19)12-23/h4-12,14-15H,13H2,1-3H3,(H,22,25)/t15-/m0/s1. The van der Waals surface area contributed by atoms with Crippen molar-refractivity contribution in [1.82, 2.24) is 0 Å². The SMILES string of the molecule is CC(C)c1ccc(NC(=O)[C@H](C)OC(=O)COc2ccccc2C=O)cc1. The zero-order valence-electron chi connectivity index (χ0n) is 15.6. The van der Waals surface area contributed by atoms with Crippen LogP contribution in [0, 0.1) is 0 Å². The first-order valence-electron chi connectivity index (χ1n) is 8.68. The van der Waals surface area contributed by atoms with E-state index in [4.69, 9.17) is 9.47 Å². The molecule has 0 aliphatic carbocycles. The number of hydrogen-bond acceptors (Lipinski definition) is 5. The summed E-state index contributed by atoms with van der Waals surface area (Å²) in [7, 11) is 0. The molecule has 0 aliphatic rings. The van der Waals surface area contributed by atoms with E-state index in [0.717, 1.165) is 0 Å². The molecule has 0 aromatic heterocycles. The highest BCUT2D eigenvalue weighted by molar-refractivity contribution is 5.95. The summed E-state index contributed by atoms with van der Waals surface area (Å²) in [6.07, 6.45) is -0.339. The summed E-state index contributed by atoms with van der Waals surface area (Å²) < 4.78 is 10.4. The lowest BCUT2D eigenvalue weighted by molar-refractivity contribution is -0.155. The van der Waals surface area contributed by atoms with Crippen LogP contribution in [0.1, 0.15) is 42.6 Å². The molecule has 1 N–H and O–H groups in total. The highest BCUT2D eigenvalue weighted by Crippen LogP contribution is 2.18. The van der Waals surface area contributed by atoms with E-state index in [2.05, 4.69) is 19.2 Å². The molecule has 142 valence electrons. The quantitative estimate of drug-likeness (QED) is 0.568. The number of aldehydes is 1. The molecule has 0 saturated carbocycles. The number of nitrogens with one attached hydrogen (secondary N) is 1. The van der Waals surface area contributed by atoms with Crippen LogP contribution in [0.25, 0.3) is 0 Å². The number of anilines is 1. The Labute approximate surface area is 158 Å². The minimum atomic E-state index is -0.979. The van der Waals surface area contributed by atoms with Gasteiger partial charge in [0, 0.05) is 5.69 Å². The summed E-state index contributed by atoms with van der Waals surface area (Å²) in [5, 5.41) is 2.70. The zero-order valence-corrected chi connectivity index (χ0v) is 15.6. The maximum Gasteiger partial charge on any atom is 0.344 e. The van der Waals surface area contributed by atoms with Gasteiger partial charge in [-0.05, 0) is 42.7 Å². The Hall–Kier alpha value is -3.15. The largest absolute Gasteiger partial charge is 0.481 e. The van der Waals surface area contributed by atoms with Crippen LogP contribution >= 0.6 is 0 Å². The number of carbonyl (C=O) groups is 3. The van der Waals surface area contributed by atoms with E-state index in [-0.39, 0.29) is 5.75 Å². The Kier molecular flexibility index (Phi) is 7.11. The third-order valence-electron chi connectivity index (χ3n) is 3.91. The van der Waals surface area contributed by atoms with Gasteiger partial charge in [0.15, 0.2) is 19.0 Å². The fraction of sp³-hybridized carbons (Fsp3) is 0.286. The summed E-state index contributed by atoms with van der Waals surface area (Å²) in [5.41, 5.74) is 2.13. The summed E-state index contributed by atoms with van der Waals surface area (Å²) >= 11 is 0. The molecule has 6 heteroatoms. The average molecular weight is 369 g/mol. The molecule has 6 nitrogen and oxygen atoms in total. The van der Waals surface area contributed by atoms with Gasteiger partial charge >= 0.3 is 5.97 Å². The molecule has 2 rings (SSSR count). The zero-order chi connectivity index (χ0) is 19.8. The number of ether oxygens (including phenoxy) is 2. The molecule has 0 aliphatic heterocycles. The molecule has 0 fully saturated rings. The van der Waals surface area contributed by atoms with Gasteiger partial charge in [0.2, 0.25) is 0 Å². The lowest BCUT2D eigenvalue weighted by Crippen LogP contribution is -2.31. The third-order valence-corrected chi connectivity index (χ3v) is 3.91. The van der Waals surface area contributed by atoms with Crippen molar-refractivity contribution >= 4 is 23.9 Å². The molecular formula is C21H23NO5. The van der Waals surface area contributed by atoms with Crippen LogP contribution in [0.4, 0.5) is 5.69 Å². The van der Waals surface area contributed by atoms with Crippen molar-refractivity contribution in [2.75, 3.05) is 11.9 Å². The Morgan fingerprint density at radius 3 is 2.33 bits per heavy atom. The van der Waals surface area contributed by atoms with Gasteiger partial charge in [0.05, 0.1) is 5.56 Å². The van der Waals surface area contributed by atoms with Gasteiger partial charge in [-0.25, -0.2) is 4.79 Å². The predicted molar refractivity (Wildman–Crippen MR) is 102 cm³/mol. The third kappa shape index (κ3) is 5.95. The smallest absolute Gasteiger partial charge is 0.344 e. The van der Waals surface area contributed by atoms with Crippen molar-refractivity contribution in [3.05, 3.63) is 59.7 Å². The Morgan fingerprint density at radius 2 is 1.70 bits per heavy atom. The Bertz CT molecular complexity index is 798. The topological polar surface area (TPSA) is 81.7 Å². The number of esters is 1. The van der Waals surface area contributed by atoms with Gasteiger partial charge < -0.3 is 14.8 Å². The molecule has 0 radical (unpaired) electrons. The summed E-state index contributed by atoms with van der Waals surface area (Å²) in [5.74, 6) is -0.451. The Morgan fingerprint density at radius 1 is 1.04 bits per heavy atom. The molecule has 2 aromatic carbocycles. The predicted octanol–water partition coefficient (Wildman–Crippen LogP) is 3.57. The summed E-state index contributed by atoms with van der Waals surface area (Å²) in [6, 6.07) is 14.0. The van der Waals surface area contributed by atoms with Crippen molar-refractivity contribution in [1.29, 1.82) is 0 Å². The summed E-state index contributed by atoms with van der Waals surface area (Å²) in [4.78, 5) is 35.0. The van der Waals surface area contributed by atoms with Gasteiger partial charge in [0.1, 0.15) is 5.75 Å². The fourth-order valence-electron chi connectivity index (χ4n) is 2.33. The van der Waals surface area contributed by atoms with Crippen molar-refractivity contribution in [3.63, 3.8) is 0 Å². The molecule has 1 amide bonds. The molecule has 0 saturated heterocycles. The van der Waals surface area contributed by atoms with Crippen LogP contribution in [0.2, 0.25) is 0 Å². The molecule has 2 aromatic rings. The molecule has 0 heterocycles. The van der Waals surface area contributed by atoms with Crippen LogP contribution in [-0.4, -0.2) is 30.9 Å². The van der Waals surface area contributed by atoms with Gasteiger partial charge in [-0.3, -0.25) is 9.59 Å². The number of amides is 1. The first-order valence-corrected chi connectivity index (χ1v) is 8.68. The van der Waals surface area contributed by atoms with Crippen molar-refractivity contribution in [2.45, 2.75) is 32.8 Å². The molecule has 0 spiro atoms. The van der Waals surface area contributed by atoms with E-state index >= 15 is 0 Å². The number of carbonyl (C=O) groups excluding carboxylic acids is 3. The van der Waals surface area contributed by atoms with Crippen LogP contribution in [0.3, 0.4) is 0 Å². The second-order valence-electron chi connectivity index (χ2n) is 6.34. The van der Waals surface area contributed by atoms with E-state index in [1.54, 1.807) is 36.4 Å². The van der Waals surface area contributed by atoms with Gasteiger partial charge in [0.25, 0.3) is 5.91 Å². The minimum Gasteiger partial charge on any atom is -0.481 e. The lowest BCUT2D eigenvalue weighted by Gasteiger charge is -2.15. The average Bonchev–Trinajstić information content (AvgIpc) is 2.66. The number of para-hydroxylation sites is 1. The fourth-order valence-corrected chi connectivity index (χ4v) is 2.33. The first kappa shape index (κ1) is 20.2. The highest BCUT2D eigenvalue weighted by Gasteiger charge is 2.18. The first-order chi connectivity index (χ1) is 12.9. The van der Waals surface area contributed by atoms with Gasteiger partial charge in [-0.2, -0.15) is 0 Å². The van der Waals surface area contributed by atoms with Gasteiger partial charge in [-0.1, -0.05) is 38.1 Å². The van der Waals surface area contributed by atoms with Crippen molar-refractivity contribution < 1.29 is 23.9 Å². The van der Waals surface area contributed by atoms with E-state index < -0.39 is 24.6 Å². The monoisotopic (exact) mass is 369 g/mol. The van der Waals surface area contributed by atoms with E-state index in [0.29, 0.717) is 23.5 Å². The van der Waals surface area contributed by atoms with Crippen LogP contribution < -0.4 is 10.1 Å². The number of benzene rings is 2. The van der Waals surface area contributed by atoms with E-state index in [1.807, 2.05) is 12.1 Å². The molecule has 0 unspecified atom stereocenters. The van der Waals surface area contributed by atoms with Crippen molar-refractivity contribution in [3.8, 4) is 5.75 Å². The van der Waals surface area contributed by atoms with Crippen LogP contribution in [0.5, 0.6) is 5.75 Å². The maximum atomic E-state index is 12.2. The molecule has 27 heavy (non-hydrogen) atoms. The number of rotatable bonds is 8. The van der Waals surface area contributed by atoms with Crippen LogP contribution in [-0.2, 0) is 14.3 Å². The number of hydrogen-bond donors (Lipinski definition) is 1. The normalized spacial score (nSPS) is 11.6. The highest BCUT2D eigenvalue weighted by atomic mass is 16.6. The Balaban J connectivity index is 1.84. The van der Waals surface area contributed by atoms with Crippen LogP contribution in [0.15, 0.2) is 48.5 Å². The molecular weight excluding hydrogens is 346 g/mol. The summed E-state index contributed by atoms with van der Waals surface area (Å²) in [6.45, 7) is 5.26.